The van der Waals surface area contributed by atoms with Gasteiger partial charge in [0.05, 0.1) is 24.8 Å². The normalized spacial score (nSPS) is 22.5. The quantitative estimate of drug-likeness (QED) is 0.666. The number of hydrogen-bond donors (Lipinski definition) is 1. The Hall–Kier alpha value is -2.47. The van der Waals surface area contributed by atoms with E-state index in [0.717, 1.165) is 19.3 Å². The molecule has 1 saturated heterocycles. The second-order valence-corrected chi connectivity index (χ2v) is 8.22. The summed E-state index contributed by atoms with van der Waals surface area (Å²) in [6.07, 6.45) is 8.91. The van der Waals surface area contributed by atoms with Crippen LogP contribution in [-0.4, -0.2) is 35.1 Å². The first-order valence-corrected chi connectivity index (χ1v) is 11.0. The van der Waals surface area contributed by atoms with Gasteiger partial charge in [0.2, 0.25) is 0 Å². The molecule has 2 aromatic heterocycles. The van der Waals surface area contributed by atoms with Crippen molar-refractivity contribution < 1.29 is 9.47 Å². The number of ether oxygens (including phenoxy) is 2. The molecule has 2 atom stereocenters. The van der Waals surface area contributed by atoms with E-state index in [4.69, 9.17) is 9.47 Å². The van der Waals surface area contributed by atoms with Gasteiger partial charge in [-0.25, -0.2) is 0 Å². The number of hydrogen-bond acceptors (Lipinski definition) is 4. The van der Waals surface area contributed by atoms with Gasteiger partial charge in [-0.2, -0.15) is 0 Å². The zero-order valence-corrected chi connectivity index (χ0v) is 17.7. The molecule has 2 aliphatic heterocycles. The van der Waals surface area contributed by atoms with Crippen LogP contribution < -0.4 is 5.32 Å². The molecular formula is C25H29N3O2. The van der Waals surface area contributed by atoms with E-state index in [1.165, 1.54) is 33.3 Å². The van der Waals surface area contributed by atoms with Gasteiger partial charge in [0.15, 0.2) is 6.29 Å². The number of allylic oxidation sites excluding steroid dienone is 1. The molecule has 5 nitrogen and oxygen atoms in total. The van der Waals surface area contributed by atoms with Crippen LogP contribution in [0.25, 0.3) is 22.7 Å². The van der Waals surface area contributed by atoms with E-state index in [0.29, 0.717) is 19.3 Å². The molecule has 2 aliphatic rings. The zero-order valence-electron chi connectivity index (χ0n) is 17.7. The van der Waals surface area contributed by atoms with Crippen molar-refractivity contribution in [1.29, 1.82) is 0 Å². The minimum Gasteiger partial charge on any atom is -0.349 e. The van der Waals surface area contributed by atoms with Gasteiger partial charge in [-0.05, 0) is 48.2 Å². The van der Waals surface area contributed by atoms with Crippen molar-refractivity contribution in [3.63, 3.8) is 0 Å². The Balaban J connectivity index is 1.65. The predicted molar refractivity (Wildman–Crippen MR) is 120 cm³/mol. The van der Waals surface area contributed by atoms with Crippen LogP contribution in [0.3, 0.4) is 0 Å². The Morgan fingerprint density at radius 3 is 2.70 bits per heavy atom. The lowest BCUT2D eigenvalue weighted by molar-refractivity contribution is -0.0717. The van der Waals surface area contributed by atoms with Crippen LogP contribution in [0.4, 0.5) is 0 Å². The summed E-state index contributed by atoms with van der Waals surface area (Å²) in [5.41, 5.74) is 6.46. The molecule has 1 aromatic carbocycles. The van der Waals surface area contributed by atoms with E-state index in [-0.39, 0.29) is 12.3 Å². The lowest BCUT2D eigenvalue weighted by Gasteiger charge is -2.34. The predicted octanol–water partition coefficient (Wildman–Crippen LogP) is 4.78. The average Bonchev–Trinajstić information content (AvgIpc) is 3.42. The topological polar surface area (TPSA) is 48.3 Å². The lowest BCUT2D eigenvalue weighted by atomic mass is 9.91. The number of para-hydroxylation sites is 1. The molecule has 0 radical (unpaired) electrons. The summed E-state index contributed by atoms with van der Waals surface area (Å²) in [5.74, 6) is 0. The number of fused-ring (bicyclic) bond motifs is 3. The van der Waals surface area contributed by atoms with Gasteiger partial charge < -0.3 is 19.4 Å². The minimum absolute atomic E-state index is 0.161. The van der Waals surface area contributed by atoms with Crippen LogP contribution in [-0.2, 0) is 15.9 Å². The van der Waals surface area contributed by atoms with Gasteiger partial charge >= 0.3 is 0 Å². The fourth-order valence-electron chi connectivity index (χ4n) is 4.88. The summed E-state index contributed by atoms with van der Waals surface area (Å²) in [7, 11) is 0. The maximum absolute atomic E-state index is 5.88. The summed E-state index contributed by atoms with van der Waals surface area (Å²) in [4.78, 5) is 4.16. The molecule has 0 bridgehead atoms. The van der Waals surface area contributed by atoms with Crippen molar-refractivity contribution in [2.24, 2.45) is 0 Å². The molecule has 5 heteroatoms. The fraction of sp³-hybridized carbons (Fsp3) is 0.400. The highest BCUT2D eigenvalue weighted by molar-refractivity contribution is 5.90. The Bertz CT molecular complexity index is 1050. The second kappa shape index (κ2) is 8.34. The molecule has 4 heterocycles. The summed E-state index contributed by atoms with van der Waals surface area (Å²) < 4.78 is 14.2. The molecule has 156 valence electrons. The van der Waals surface area contributed by atoms with Crippen molar-refractivity contribution in [2.45, 2.75) is 51.5 Å². The van der Waals surface area contributed by atoms with Crippen molar-refractivity contribution >= 4 is 22.7 Å². The molecule has 3 aromatic rings. The van der Waals surface area contributed by atoms with Crippen molar-refractivity contribution in [3.8, 4) is 0 Å². The Labute approximate surface area is 177 Å². The number of nitrogens with one attached hydrogen (secondary N) is 1. The Kier molecular flexibility index (Phi) is 5.42. The van der Waals surface area contributed by atoms with E-state index in [1.807, 2.05) is 12.4 Å². The van der Waals surface area contributed by atoms with Gasteiger partial charge in [-0.3, -0.25) is 4.98 Å². The molecule has 5 rings (SSSR count). The van der Waals surface area contributed by atoms with Gasteiger partial charge in [0.25, 0.3) is 0 Å². The van der Waals surface area contributed by atoms with Crippen molar-refractivity contribution in [2.75, 3.05) is 13.2 Å². The van der Waals surface area contributed by atoms with Crippen LogP contribution in [0, 0.1) is 0 Å². The summed E-state index contributed by atoms with van der Waals surface area (Å²) in [6.45, 7) is 5.78. The zero-order chi connectivity index (χ0) is 20.5. The molecular weight excluding hydrogens is 374 g/mol. The number of nitrogens with zero attached hydrogens (tertiary/aromatic N) is 2. The van der Waals surface area contributed by atoms with Gasteiger partial charge in [-0.1, -0.05) is 31.5 Å². The molecule has 0 spiro atoms. The van der Waals surface area contributed by atoms with Gasteiger partial charge in [0.1, 0.15) is 0 Å². The standard InChI is InChI=1S/C25H29N3O2/c1-3-6-20-24-19-7-4-5-8-22(19)28(16-17(2)18-9-11-26-12-10-18)23(24)15-21(27-20)25-29-13-14-30-25/h4-5,7-12,16,20-21,25,27H,3,6,13-15H2,1-2H3. The van der Waals surface area contributed by atoms with Crippen LogP contribution in [0.2, 0.25) is 0 Å². The van der Waals surface area contributed by atoms with E-state index < -0.39 is 0 Å². The third-order valence-corrected chi connectivity index (χ3v) is 6.24. The van der Waals surface area contributed by atoms with E-state index >= 15 is 0 Å². The van der Waals surface area contributed by atoms with Crippen LogP contribution in [0.5, 0.6) is 0 Å². The number of benzene rings is 1. The maximum atomic E-state index is 5.88. The first kappa shape index (κ1) is 19.5. The molecule has 0 amide bonds. The fourth-order valence-corrected chi connectivity index (χ4v) is 4.88. The average molecular weight is 404 g/mol. The van der Waals surface area contributed by atoms with Crippen LogP contribution in [0.1, 0.15) is 49.6 Å². The van der Waals surface area contributed by atoms with Gasteiger partial charge in [-0.15, -0.1) is 0 Å². The Morgan fingerprint density at radius 2 is 1.93 bits per heavy atom. The smallest absolute Gasteiger partial charge is 0.173 e. The SMILES string of the molecule is CCCC1NC(C2OCCO2)Cc2c1c1ccccc1n2C=C(C)c1ccncc1. The molecule has 30 heavy (non-hydrogen) atoms. The van der Waals surface area contributed by atoms with Crippen molar-refractivity contribution in [1.82, 2.24) is 14.9 Å². The third-order valence-electron chi connectivity index (χ3n) is 6.24. The second-order valence-electron chi connectivity index (χ2n) is 8.22. The van der Waals surface area contributed by atoms with Crippen LogP contribution in [0.15, 0.2) is 48.8 Å². The Morgan fingerprint density at radius 1 is 1.17 bits per heavy atom. The van der Waals surface area contributed by atoms with Crippen LogP contribution >= 0.6 is 0 Å². The largest absolute Gasteiger partial charge is 0.349 e. The third kappa shape index (κ3) is 3.47. The highest BCUT2D eigenvalue weighted by atomic mass is 16.7. The molecule has 2 unspecified atom stereocenters. The number of rotatable bonds is 5. The molecule has 1 fully saturated rings. The number of aromatic nitrogens is 2. The van der Waals surface area contributed by atoms with E-state index in [1.54, 1.807) is 0 Å². The highest BCUT2D eigenvalue weighted by Gasteiger charge is 2.37. The highest BCUT2D eigenvalue weighted by Crippen LogP contribution is 2.39. The summed E-state index contributed by atoms with van der Waals surface area (Å²) in [5, 5.41) is 5.19. The van der Waals surface area contributed by atoms with Gasteiger partial charge in [0, 0.05) is 42.1 Å². The van der Waals surface area contributed by atoms with E-state index in [9.17, 15) is 0 Å². The molecule has 0 aliphatic carbocycles. The maximum Gasteiger partial charge on any atom is 0.173 e. The number of pyridine rings is 1. The lowest BCUT2D eigenvalue weighted by Crippen LogP contribution is -2.47. The summed E-state index contributed by atoms with van der Waals surface area (Å²) in [6, 6.07) is 13.3. The molecule has 1 N–H and O–H groups in total. The van der Waals surface area contributed by atoms with Crippen molar-refractivity contribution in [3.05, 3.63) is 65.6 Å². The summed E-state index contributed by atoms with van der Waals surface area (Å²) >= 11 is 0. The first-order valence-electron chi connectivity index (χ1n) is 11.0. The van der Waals surface area contributed by atoms with E-state index in [2.05, 4.69) is 71.3 Å². The first-order chi connectivity index (χ1) is 14.8. The molecule has 0 saturated carbocycles. The monoisotopic (exact) mass is 403 g/mol. The minimum atomic E-state index is -0.172.